The van der Waals surface area contributed by atoms with Crippen molar-refractivity contribution in [3.63, 3.8) is 0 Å². The Bertz CT molecular complexity index is 496. The number of halogens is 2. The van der Waals surface area contributed by atoms with E-state index in [-0.39, 0.29) is 5.91 Å². The Balaban J connectivity index is 2.88. The maximum atomic E-state index is 13.4. The smallest absolute Gasteiger partial charge is 0.241 e. The topological polar surface area (TPSA) is 52.9 Å². The van der Waals surface area contributed by atoms with Crippen LogP contribution >= 0.6 is 15.9 Å². The van der Waals surface area contributed by atoms with E-state index < -0.39 is 11.7 Å². The van der Waals surface area contributed by atoms with Gasteiger partial charge in [-0.3, -0.25) is 4.79 Å². The largest absolute Gasteiger partial charge is 0.325 e. The second-order valence-electron chi connectivity index (χ2n) is 4.04. The van der Waals surface area contributed by atoms with Gasteiger partial charge in [0.1, 0.15) is 11.7 Å². The predicted molar refractivity (Wildman–Crippen MR) is 71.5 cm³/mol. The van der Waals surface area contributed by atoms with Crippen LogP contribution < -0.4 is 5.32 Å². The highest BCUT2D eigenvalue weighted by molar-refractivity contribution is 9.10. The van der Waals surface area contributed by atoms with Crippen molar-refractivity contribution in [1.29, 1.82) is 5.26 Å². The predicted octanol–water partition coefficient (Wildman–Crippen LogP) is 3.78. The summed E-state index contributed by atoms with van der Waals surface area (Å²) in [7, 11) is 0. The maximum Gasteiger partial charge on any atom is 0.241 e. The number of hydrogen-bond donors (Lipinski definition) is 1. The van der Waals surface area contributed by atoms with Crippen LogP contribution in [0.3, 0.4) is 0 Å². The third kappa shape index (κ3) is 3.54. The van der Waals surface area contributed by atoms with Crippen molar-refractivity contribution in [2.75, 3.05) is 5.32 Å². The molecule has 0 heterocycles. The van der Waals surface area contributed by atoms with Gasteiger partial charge in [0, 0.05) is 5.69 Å². The molecule has 0 saturated heterocycles. The first-order valence-electron chi connectivity index (χ1n) is 5.65. The van der Waals surface area contributed by atoms with E-state index in [1.165, 1.54) is 6.07 Å². The molecule has 0 saturated carbocycles. The van der Waals surface area contributed by atoms with Crippen LogP contribution in [0.15, 0.2) is 16.6 Å². The summed E-state index contributed by atoms with van der Waals surface area (Å²) < 4.78 is 13.7. The molecular weight excluding hydrogens is 299 g/mol. The number of carbonyl (C=O) groups excluding carboxylic acids is 1. The summed E-state index contributed by atoms with van der Waals surface area (Å²) in [6, 6.07) is 4.79. The van der Waals surface area contributed by atoms with E-state index in [0.717, 1.165) is 12.0 Å². The number of hydrogen-bond acceptors (Lipinski definition) is 2. The van der Waals surface area contributed by atoms with Crippen molar-refractivity contribution in [2.24, 2.45) is 5.92 Å². The number of carbonyl (C=O) groups is 1. The highest BCUT2D eigenvalue weighted by Crippen LogP contribution is 2.24. The van der Waals surface area contributed by atoms with Gasteiger partial charge >= 0.3 is 0 Å². The molecule has 0 fully saturated rings. The number of aryl methyl sites for hydroxylation is 1. The van der Waals surface area contributed by atoms with Crippen LogP contribution in [0.2, 0.25) is 0 Å². The highest BCUT2D eigenvalue weighted by Gasteiger charge is 2.18. The molecule has 5 heteroatoms. The third-order valence-electron chi connectivity index (χ3n) is 2.57. The maximum absolute atomic E-state index is 13.4. The summed E-state index contributed by atoms with van der Waals surface area (Å²) in [5.41, 5.74) is 1.14. The molecule has 1 N–H and O–H groups in total. The minimum atomic E-state index is -0.693. The van der Waals surface area contributed by atoms with Crippen LogP contribution in [-0.2, 0) is 4.79 Å². The molecule has 1 amide bonds. The van der Waals surface area contributed by atoms with E-state index in [1.807, 2.05) is 13.0 Å². The number of benzene rings is 1. The van der Waals surface area contributed by atoms with Crippen LogP contribution in [0.5, 0.6) is 0 Å². The van der Waals surface area contributed by atoms with E-state index >= 15 is 0 Å². The average molecular weight is 313 g/mol. The number of anilines is 1. The van der Waals surface area contributed by atoms with E-state index in [0.29, 0.717) is 16.6 Å². The second kappa shape index (κ2) is 6.50. The summed E-state index contributed by atoms with van der Waals surface area (Å²) >= 11 is 3.07. The molecule has 0 aliphatic rings. The van der Waals surface area contributed by atoms with Crippen molar-refractivity contribution in [3.05, 3.63) is 28.0 Å². The standard InChI is InChI=1S/C13H14BrFN2O/c1-3-4-9(7-16)13(18)17-12-6-11(15)10(14)5-8(12)2/h5-6,9H,3-4H2,1-2H3,(H,17,18). The molecule has 96 valence electrons. The quantitative estimate of drug-likeness (QED) is 0.920. The molecule has 0 spiro atoms. The fraction of sp³-hybridized carbons (Fsp3) is 0.385. The summed E-state index contributed by atoms with van der Waals surface area (Å²) in [6.07, 6.45) is 1.25. The third-order valence-corrected chi connectivity index (χ3v) is 3.18. The lowest BCUT2D eigenvalue weighted by molar-refractivity contribution is -0.118. The highest BCUT2D eigenvalue weighted by atomic mass is 79.9. The molecule has 0 radical (unpaired) electrons. The first-order chi connectivity index (χ1) is 8.49. The molecule has 1 rings (SSSR count). The molecule has 1 unspecified atom stereocenters. The number of amides is 1. The fourth-order valence-corrected chi connectivity index (χ4v) is 2.00. The van der Waals surface area contributed by atoms with E-state index in [9.17, 15) is 9.18 Å². The van der Waals surface area contributed by atoms with Crippen molar-refractivity contribution >= 4 is 27.5 Å². The Labute approximate surface area is 114 Å². The zero-order chi connectivity index (χ0) is 13.7. The normalized spacial score (nSPS) is 11.7. The van der Waals surface area contributed by atoms with Gasteiger partial charge < -0.3 is 5.32 Å². The lowest BCUT2D eigenvalue weighted by Crippen LogP contribution is -2.22. The van der Waals surface area contributed by atoms with Gasteiger partial charge in [-0.25, -0.2) is 4.39 Å². The van der Waals surface area contributed by atoms with Gasteiger partial charge in [0.25, 0.3) is 0 Å². The summed E-state index contributed by atoms with van der Waals surface area (Å²) in [6.45, 7) is 3.67. The number of nitrogens with zero attached hydrogens (tertiary/aromatic N) is 1. The van der Waals surface area contributed by atoms with Gasteiger partial charge in [0.2, 0.25) is 5.91 Å². The zero-order valence-electron chi connectivity index (χ0n) is 10.3. The summed E-state index contributed by atoms with van der Waals surface area (Å²) in [5.74, 6) is -1.52. The molecule has 0 aliphatic carbocycles. The zero-order valence-corrected chi connectivity index (χ0v) is 11.8. The van der Waals surface area contributed by atoms with Crippen molar-refractivity contribution in [3.8, 4) is 6.07 Å². The molecule has 1 atom stereocenters. The van der Waals surface area contributed by atoms with Gasteiger partial charge in [-0.1, -0.05) is 13.3 Å². The molecule has 1 aromatic carbocycles. The Kier molecular flexibility index (Phi) is 5.29. The first kappa shape index (κ1) is 14.7. The fourth-order valence-electron chi connectivity index (χ4n) is 1.54. The average Bonchev–Trinajstić information content (AvgIpc) is 2.32. The second-order valence-corrected chi connectivity index (χ2v) is 4.90. The monoisotopic (exact) mass is 312 g/mol. The van der Waals surface area contributed by atoms with E-state index in [1.54, 1.807) is 13.0 Å². The van der Waals surface area contributed by atoms with Gasteiger partial charge in [0.05, 0.1) is 10.5 Å². The summed E-state index contributed by atoms with van der Waals surface area (Å²) in [5, 5.41) is 11.5. The minimum absolute atomic E-state index is 0.350. The van der Waals surface area contributed by atoms with Crippen molar-refractivity contribution < 1.29 is 9.18 Å². The molecule has 3 nitrogen and oxygen atoms in total. The van der Waals surface area contributed by atoms with Crippen molar-refractivity contribution in [1.82, 2.24) is 0 Å². The molecule has 18 heavy (non-hydrogen) atoms. The van der Waals surface area contributed by atoms with Crippen molar-refractivity contribution in [2.45, 2.75) is 26.7 Å². The molecular formula is C13H14BrFN2O. The van der Waals surface area contributed by atoms with Crippen LogP contribution in [0.4, 0.5) is 10.1 Å². The number of nitrogens with one attached hydrogen (secondary N) is 1. The number of nitriles is 1. The minimum Gasteiger partial charge on any atom is -0.325 e. The van der Waals surface area contributed by atoms with E-state index in [2.05, 4.69) is 21.2 Å². The molecule has 1 aromatic rings. The first-order valence-corrected chi connectivity index (χ1v) is 6.45. The molecule has 0 aromatic heterocycles. The van der Waals surface area contributed by atoms with Gasteiger partial charge in [0.15, 0.2) is 0 Å². The molecule has 0 bridgehead atoms. The van der Waals surface area contributed by atoms with Crippen LogP contribution in [0, 0.1) is 30.0 Å². The van der Waals surface area contributed by atoms with Crippen LogP contribution in [0.25, 0.3) is 0 Å². The Morgan fingerprint density at radius 1 is 1.61 bits per heavy atom. The Morgan fingerprint density at radius 3 is 2.83 bits per heavy atom. The lowest BCUT2D eigenvalue weighted by Gasteiger charge is -2.12. The van der Waals surface area contributed by atoms with Gasteiger partial charge in [-0.15, -0.1) is 0 Å². The Morgan fingerprint density at radius 2 is 2.28 bits per heavy atom. The number of rotatable bonds is 4. The van der Waals surface area contributed by atoms with E-state index in [4.69, 9.17) is 5.26 Å². The van der Waals surface area contributed by atoms with Gasteiger partial charge in [-0.2, -0.15) is 5.26 Å². The van der Waals surface area contributed by atoms with Gasteiger partial charge in [-0.05, 0) is 47.0 Å². The summed E-state index contributed by atoms with van der Waals surface area (Å²) in [4.78, 5) is 11.8. The lowest BCUT2D eigenvalue weighted by atomic mass is 10.0. The van der Waals surface area contributed by atoms with Crippen LogP contribution in [-0.4, -0.2) is 5.91 Å². The Hall–Kier alpha value is -1.41. The van der Waals surface area contributed by atoms with Crippen LogP contribution in [0.1, 0.15) is 25.3 Å². The SMILES string of the molecule is CCCC(C#N)C(=O)Nc1cc(F)c(Br)cc1C. The molecule has 0 aliphatic heterocycles.